The Hall–Kier alpha value is -3.13. The van der Waals surface area contributed by atoms with E-state index in [1.54, 1.807) is 0 Å². The van der Waals surface area contributed by atoms with Gasteiger partial charge in [0.1, 0.15) is 0 Å². The molecule has 0 fully saturated rings. The average Bonchev–Trinajstić information content (AvgIpc) is 2.96. The van der Waals surface area contributed by atoms with Crippen molar-refractivity contribution in [3.8, 4) is 0 Å². The Morgan fingerprint density at radius 1 is 1.00 bits per heavy atom. The largest absolute Gasteiger partial charge is 0.353 e. The van der Waals surface area contributed by atoms with E-state index in [0.29, 0.717) is 17.9 Å². The van der Waals surface area contributed by atoms with Gasteiger partial charge in [0.2, 0.25) is 0 Å². The quantitative estimate of drug-likeness (QED) is 0.167. The summed E-state index contributed by atoms with van der Waals surface area (Å²) in [6.07, 6.45) is 14.4. The first-order valence-electron chi connectivity index (χ1n) is 14.3. The number of amidine groups is 1. The van der Waals surface area contributed by atoms with Gasteiger partial charge in [0.25, 0.3) is 0 Å². The molecule has 0 heterocycles. The summed E-state index contributed by atoms with van der Waals surface area (Å²) in [4.78, 5) is 7.51. The predicted molar refractivity (Wildman–Crippen MR) is 169 cm³/mol. The van der Waals surface area contributed by atoms with Crippen LogP contribution in [0.1, 0.15) is 89.8 Å². The molecule has 2 aromatic carbocycles. The number of nitrogens with zero attached hydrogens (tertiary/aromatic N) is 2. The van der Waals surface area contributed by atoms with Crippen LogP contribution in [0, 0.1) is 5.92 Å². The lowest BCUT2D eigenvalue weighted by atomic mass is 9.91. The van der Waals surface area contributed by atoms with E-state index >= 15 is 0 Å². The minimum atomic E-state index is 0.241. The molecule has 1 aliphatic rings. The highest BCUT2D eigenvalue weighted by molar-refractivity contribution is 5.80. The molecule has 38 heavy (non-hydrogen) atoms. The maximum Gasteiger partial charge on any atom is 0.0966 e. The van der Waals surface area contributed by atoms with Crippen molar-refractivity contribution in [2.75, 3.05) is 7.05 Å². The second kappa shape index (κ2) is 16.7. The van der Waals surface area contributed by atoms with Crippen LogP contribution >= 0.6 is 0 Å². The van der Waals surface area contributed by atoms with Gasteiger partial charge in [-0.15, -0.1) is 6.58 Å². The summed E-state index contributed by atoms with van der Waals surface area (Å²) >= 11 is 0. The monoisotopic (exact) mass is 510 g/mol. The fourth-order valence-electron chi connectivity index (χ4n) is 5.01. The van der Waals surface area contributed by atoms with Crippen LogP contribution in [0.15, 0.2) is 114 Å². The molecule has 2 heteroatoms. The molecule has 0 aliphatic heterocycles. The van der Waals surface area contributed by atoms with Gasteiger partial charge in [-0.25, -0.2) is 0 Å². The predicted octanol–water partition coefficient (Wildman–Crippen LogP) is 10.1. The van der Waals surface area contributed by atoms with Crippen molar-refractivity contribution in [1.29, 1.82) is 0 Å². The molecular formula is C36H50N2. The summed E-state index contributed by atoms with van der Waals surface area (Å²) in [5.41, 5.74) is 5.36. The van der Waals surface area contributed by atoms with E-state index < -0.39 is 0 Å². The number of benzene rings is 2. The topological polar surface area (TPSA) is 15.6 Å². The Labute approximate surface area is 233 Å². The molecule has 2 nitrogen and oxygen atoms in total. The third kappa shape index (κ3) is 9.31. The van der Waals surface area contributed by atoms with Crippen molar-refractivity contribution in [2.24, 2.45) is 10.9 Å². The zero-order valence-electron chi connectivity index (χ0n) is 24.7. The maximum absolute atomic E-state index is 5.15. The second-order valence-electron chi connectivity index (χ2n) is 10.5. The summed E-state index contributed by atoms with van der Waals surface area (Å²) in [6, 6.07) is 21.8. The summed E-state index contributed by atoms with van der Waals surface area (Å²) < 4.78 is 0. The van der Waals surface area contributed by atoms with Crippen LogP contribution in [0.4, 0.5) is 0 Å². The standard InChI is InChI=1S/C25H36N2.C11H14/c1-6-15-21(7-2)24(8-3)26-20(4)27(5)25(22-16-11-9-12-17-22)23-18-13-10-14-19-23;1-9(2)10(3)11-7-5-4-6-8-11/h7,9-13,16-18,21,24-25H,2,6,8,14-15,19H2,1,3-5H3;4-8,10H,1H2,2-3H3. The number of aliphatic imine (C=N–C) groups is 1. The maximum atomic E-state index is 5.15. The van der Waals surface area contributed by atoms with E-state index in [2.05, 4.69) is 139 Å². The van der Waals surface area contributed by atoms with Crippen molar-refractivity contribution in [1.82, 2.24) is 4.90 Å². The highest BCUT2D eigenvalue weighted by Gasteiger charge is 2.24. The number of allylic oxidation sites excluding steroid dienone is 4. The summed E-state index contributed by atoms with van der Waals surface area (Å²) in [5, 5.41) is 0. The highest BCUT2D eigenvalue weighted by atomic mass is 15.2. The molecule has 4 atom stereocenters. The van der Waals surface area contributed by atoms with Crippen molar-refractivity contribution in [3.63, 3.8) is 0 Å². The van der Waals surface area contributed by atoms with Crippen LogP contribution < -0.4 is 0 Å². The van der Waals surface area contributed by atoms with Crippen LogP contribution in [0.25, 0.3) is 0 Å². The molecule has 2 aromatic rings. The summed E-state index contributed by atoms with van der Waals surface area (Å²) in [7, 11) is 2.19. The Kier molecular flexibility index (Phi) is 13.6. The molecule has 0 N–H and O–H groups in total. The van der Waals surface area contributed by atoms with Crippen molar-refractivity contribution < 1.29 is 0 Å². The summed E-state index contributed by atoms with van der Waals surface area (Å²) in [6.45, 7) is 18.9. The minimum Gasteiger partial charge on any atom is -0.353 e. The van der Waals surface area contributed by atoms with Gasteiger partial charge >= 0.3 is 0 Å². The lowest BCUT2D eigenvalue weighted by Crippen LogP contribution is -2.32. The Morgan fingerprint density at radius 2 is 1.61 bits per heavy atom. The molecule has 204 valence electrons. The van der Waals surface area contributed by atoms with Gasteiger partial charge in [0, 0.05) is 13.0 Å². The minimum absolute atomic E-state index is 0.241. The molecule has 0 amide bonds. The number of rotatable bonds is 11. The van der Waals surface area contributed by atoms with Gasteiger partial charge in [-0.2, -0.15) is 0 Å². The molecule has 3 rings (SSSR count). The third-order valence-electron chi connectivity index (χ3n) is 7.64. The number of hydrogen-bond acceptors (Lipinski definition) is 1. The summed E-state index contributed by atoms with van der Waals surface area (Å²) in [5.74, 6) is 2.04. The number of likely N-dealkylation sites (N-methyl/N-ethyl adjacent to an activating group) is 1. The van der Waals surface area contributed by atoms with E-state index in [-0.39, 0.29) is 6.04 Å². The normalized spacial score (nSPS) is 16.3. The van der Waals surface area contributed by atoms with Crippen LogP contribution in [-0.4, -0.2) is 23.8 Å². The zero-order chi connectivity index (χ0) is 27.9. The molecule has 0 saturated heterocycles. The first-order valence-corrected chi connectivity index (χ1v) is 14.3. The van der Waals surface area contributed by atoms with E-state index in [4.69, 9.17) is 4.99 Å². The first kappa shape index (κ1) is 31.1. The van der Waals surface area contributed by atoms with Crippen molar-refractivity contribution >= 4 is 5.84 Å². The van der Waals surface area contributed by atoms with Gasteiger partial charge in [0.05, 0.1) is 17.9 Å². The molecule has 0 bridgehead atoms. The van der Waals surface area contributed by atoms with E-state index in [9.17, 15) is 0 Å². The SMILES string of the molecule is C=C(C)C(C)c1ccccc1.C=CC(CCC)C(CC)N=C(C)N(C)C(C1=CC=CCC1)c1ccccc1. The molecule has 0 aromatic heterocycles. The molecule has 1 aliphatic carbocycles. The molecule has 0 spiro atoms. The molecule has 0 radical (unpaired) electrons. The molecular weight excluding hydrogens is 460 g/mol. The van der Waals surface area contributed by atoms with Gasteiger partial charge in [-0.05, 0) is 62.1 Å². The zero-order valence-corrected chi connectivity index (χ0v) is 24.7. The van der Waals surface area contributed by atoms with Gasteiger partial charge < -0.3 is 4.90 Å². The number of hydrogen-bond donors (Lipinski definition) is 0. The molecule has 0 saturated carbocycles. The lowest BCUT2D eigenvalue weighted by Gasteiger charge is -2.34. The van der Waals surface area contributed by atoms with E-state index in [1.165, 1.54) is 28.7 Å². The van der Waals surface area contributed by atoms with E-state index in [1.807, 2.05) is 6.07 Å². The fraction of sp³-hybridized carbons (Fsp3) is 0.417. The van der Waals surface area contributed by atoms with Crippen molar-refractivity contribution in [2.45, 2.75) is 84.7 Å². The Morgan fingerprint density at radius 3 is 2.08 bits per heavy atom. The van der Waals surface area contributed by atoms with Gasteiger partial charge in [0.15, 0.2) is 0 Å². The van der Waals surface area contributed by atoms with Crippen LogP contribution in [0.3, 0.4) is 0 Å². The second-order valence-corrected chi connectivity index (χ2v) is 10.5. The van der Waals surface area contributed by atoms with Gasteiger partial charge in [-0.1, -0.05) is 124 Å². The smallest absolute Gasteiger partial charge is 0.0966 e. The Bertz CT molecular complexity index is 1060. The van der Waals surface area contributed by atoms with Crippen molar-refractivity contribution in [3.05, 3.63) is 120 Å². The van der Waals surface area contributed by atoms with Crippen LogP contribution in [0.5, 0.6) is 0 Å². The average molecular weight is 511 g/mol. The highest BCUT2D eigenvalue weighted by Crippen LogP contribution is 2.33. The first-order chi connectivity index (χ1) is 18.3. The molecule has 4 unspecified atom stereocenters. The van der Waals surface area contributed by atoms with Crippen LogP contribution in [0.2, 0.25) is 0 Å². The van der Waals surface area contributed by atoms with E-state index in [0.717, 1.165) is 31.5 Å². The third-order valence-corrected chi connectivity index (χ3v) is 7.64. The lowest BCUT2D eigenvalue weighted by molar-refractivity contribution is 0.395. The fourth-order valence-corrected chi connectivity index (χ4v) is 5.01. The Balaban J connectivity index is 0.000000384. The van der Waals surface area contributed by atoms with Crippen LogP contribution in [-0.2, 0) is 0 Å². The van der Waals surface area contributed by atoms with Gasteiger partial charge in [-0.3, -0.25) is 4.99 Å².